The third kappa shape index (κ3) is 3.25. The Bertz CT molecular complexity index is 1100. The molecular formula is C19H13I2N3O2. The number of methoxy groups -OCH3 is 1. The number of hydrogen-bond donors (Lipinski definition) is 0. The Labute approximate surface area is 177 Å². The summed E-state index contributed by atoms with van der Waals surface area (Å²) in [6, 6.07) is 13.7. The van der Waals surface area contributed by atoms with Gasteiger partial charge in [-0.2, -0.15) is 0 Å². The summed E-state index contributed by atoms with van der Waals surface area (Å²) in [5.41, 5.74) is 2.44. The number of aromatic nitrogens is 2. The topological polar surface area (TPSA) is 52.0 Å². The first-order chi connectivity index (χ1) is 12.7. The van der Waals surface area contributed by atoms with Crippen LogP contribution in [0.4, 0.5) is 5.82 Å². The summed E-state index contributed by atoms with van der Waals surface area (Å²) in [7, 11) is 1.67. The van der Waals surface area contributed by atoms with E-state index in [-0.39, 0.29) is 0 Å². The number of furan rings is 1. The van der Waals surface area contributed by atoms with E-state index in [1.54, 1.807) is 13.4 Å². The van der Waals surface area contributed by atoms with Gasteiger partial charge in [-0.25, -0.2) is 9.98 Å². The third-order valence-electron chi connectivity index (χ3n) is 3.83. The number of rotatable bonds is 4. The van der Waals surface area contributed by atoms with Crippen molar-refractivity contribution in [2.24, 2.45) is 4.99 Å². The van der Waals surface area contributed by atoms with Gasteiger partial charge in [0.15, 0.2) is 17.3 Å². The minimum absolute atomic E-state index is 0.685. The fourth-order valence-electron chi connectivity index (χ4n) is 2.71. The van der Waals surface area contributed by atoms with Gasteiger partial charge in [-0.1, -0.05) is 6.07 Å². The van der Waals surface area contributed by atoms with Gasteiger partial charge in [0.25, 0.3) is 0 Å². The summed E-state index contributed by atoms with van der Waals surface area (Å²) in [6.45, 7) is 0. The number of hydrogen-bond acceptors (Lipinski definition) is 4. The summed E-state index contributed by atoms with van der Waals surface area (Å²) in [5, 5.41) is 0. The van der Waals surface area contributed by atoms with Crippen molar-refractivity contribution in [3.05, 3.63) is 67.6 Å². The first kappa shape index (κ1) is 17.5. The lowest BCUT2D eigenvalue weighted by atomic mass is 10.2. The van der Waals surface area contributed by atoms with Gasteiger partial charge < -0.3 is 9.15 Å². The van der Waals surface area contributed by atoms with Crippen molar-refractivity contribution in [3.8, 4) is 17.2 Å². The molecule has 26 heavy (non-hydrogen) atoms. The molecule has 0 aliphatic heterocycles. The quantitative estimate of drug-likeness (QED) is 0.239. The normalized spacial score (nSPS) is 11.5. The molecule has 130 valence electrons. The highest BCUT2D eigenvalue weighted by Crippen LogP contribution is 2.32. The largest absolute Gasteiger partial charge is 0.495 e. The fraction of sp³-hybridized carbons (Fsp3) is 0.0526. The van der Waals surface area contributed by atoms with Gasteiger partial charge >= 0.3 is 0 Å². The van der Waals surface area contributed by atoms with E-state index in [4.69, 9.17) is 14.1 Å². The molecule has 3 heterocycles. The Morgan fingerprint density at radius 1 is 1.19 bits per heavy atom. The molecule has 4 aromatic rings. The summed E-state index contributed by atoms with van der Waals surface area (Å²) in [4.78, 5) is 9.41. The number of benzene rings is 1. The average Bonchev–Trinajstić information content (AvgIpc) is 3.27. The number of pyridine rings is 1. The van der Waals surface area contributed by atoms with E-state index in [1.165, 1.54) is 0 Å². The lowest BCUT2D eigenvalue weighted by Crippen LogP contribution is -1.95. The van der Waals surface area contributed by atoms with Crippen molar-refractivity contribution >= 4 is 62.9 Å². The van der Waals surface area contributed by atoms with Crippen molar-refractivity contribution in [1.82, 2.24) is 9.38 Å². The van der Waals surface area contributed by atoms with E-state index < -0.39 is 0 Å². The Morgan fingerprint density at radius 3 is 2.85 bits per heavy atom. The maximum Gasteiger partial charge on any atom is 0.168 e. The van der Waals surface area contributed by atoms with E-state index in [2.05, 4.69) is 56.2 Å². The van der Waals surface area contributed by atoms with Crippen LogP contribution >= 0.6 is 45.2 Å². The zero-order valence-electron chi connectivity index (χ0n) is 13.7. The zero-order valence-corrected chi connectivity index (χ0v) is 18.0. The van der Waals surface area contributed by atoms with E-state index >= 15 is 0 Å². The van der Waals surface area contributed by atoms with Gasteiger partial charge in [0.2, 0.25) is 0 Å². The molecule has 0 bridgehead atoms. The molecule has 0 amide bonds. The molecule has 1 aromatic carbocycles. The number of fused-ring (bicyclic) bond motifs is 1. The summed E-state index contributed by atoms with van der Waals surface area (Å²) < 4.78 is 15.2. The van der Waals surface area contributed by atoms with Crippen LogP contribution in [0, 0.1) is 7.14 Å². The molecule has 0 fully saturated rings. The SMILES string of the molecule is COc1c(I)cc(I)cc1C=Nc1c(-c2ccco2)nc2ccccn12. The van der Waals surface area contributed by atoms with E-state index in [1.807, 2.05) is 53.2 Å². The van der Waals surface area contributed by atoms with Crippen LogP contribution in [0.5, 0.6) is 5.75 Å². The van der Waals surface area contributed by atoms with Crippen molar-refractivity contribution in [1.29, 1.82) is 0 Å². The number of halogens is 2. The minimum atomic E-state index is 0.685. The van der Waals surface area contributed by atoms with Crippen molar-refractivity contribution in [3.63, 3.8) is 0 Å². The molecule has 4 rings (SSSR count). The highest BCUT2D eigenvalue weighted by Gasteiger charge is 2.15. The predicted molar refractivity (Wildman–Crippen MR) is 119 cm³/mol. The molecular weight excluding hydrogens is 556 g/mol. The maximum absolute atomic E-state index is 5.55. The van der Waals surface area contributed by atoms with E-state index in [0.717, 1.165) is 24.1 Å². The van der Waals surface area contributed by atoms with Crippen LogP contribution in [0.1, 0.15) is 5.56 Å². The number of imidazole rings is 1. The predicted octanol–water partition coefficient (Wildman–Crippen LogP) is 5.56. The second kappa shape index (κ2) is 7.39. The van der Waals surface area contributed by atoms with E-state index in [0.29, 0.717) is 17.3 Å². The first-order valence-electron chi connectivity index (χ1n) is 7.75. The van der Waals surface area contributed by atoms with Gasteiger partial charge in [-0.15, -0.1) is 0 Å². The smallest absolute Gasteiger partial charge is 0.168 e. The van der Waals surface area contributed by atoms with Crippen LogP contribution in [0.15, 0.2) is 64.3 Å². The Hall–Kier alpha value is -1.88. The van der Waals surface area contributed by atoms with Gasteiger partial charge in [-0.3, -0.25) is 4.40 Å². The Balaban J connectivity index is 1.88. The molecule has 0 unspecified atom stereocenters. The number of aliphatic imine (C=N–C) groups is 1. The molecule has 7 heteroatoms. The zero-order chi connectivity index (χ0) is 18.1. The lowest BCUT2D eigenvalue weighted by molar-refractivity contribution is 0.411. The van der Waals surface area contributed by atoms with Crippen LogP contribution in [0.25, 0.3) is 17.1 Å². The molecule has 5 nitrogen and oxygen atoms in total. The molecule has 0 aliphatic rings. The molecule has 0 saturated heterocycles. The molecule has 0 aliphatic carbocycles. The van der Waals surface area contributed by atoms with E-state index in [9.17, 15) is 0 Å². The maximum atomic E-state index is 5.55. The molecule has 0 radical (unpaired) electrons. The van der Waals surface area contributed by atoms with Gasteiger partial charge in [0.1, 0.15) is 11.4 Å². The van der Waals surface area contributed by atoms with Crippen LogP contribution < -0.4 is 4.74 Å². The second-order valence-electron chi connectivity index (χ2n) is 5.46. The third-order valence-corrected chi connectivity index (χ3v) is 5.25. The second-order valence-corrected chi connectivity index (χ2v) is 7.87. The summed E-state index contributed by atoms with van der Waals surface area (Å²) in [5.74, 6) is 2.21. The van der Waals surface area contributed by atoms with Crippen molar-refractivity contribution in [2.45, 2.75) is 0 Å². The van der Waals surface area contributed by atoms with Gasteiger partial charge in [0.05, 0.1) is 16.9 Å². The molecule has 0 atom stereocenters. The van der Waals surface area contributed by atoms with Gasteiger partial charge in [0, 0.05) is 21.5 Å². The van der Waals surface area contributed by atoms with Crippen LogP contribution in [-0.2, 0) is 0 Å². The number of ether oxygens (including phenoxy) is 1. The molecule has 3 aromatic heterocycles. The first-order valence-corrected chi connectivity index (χ1v) is 9.91. The fourth-order valence-corrected chi connectivity index (χ4v) is 4.82. The highest BCUT2D eigenvalue weighted by atomic mass is 127. The minimum Gasteiger partial charge on any atom is -0.495 e. The monoisotopic (exact) mass is 569 g/mol. The summed E-state index contributed by atoms with van der Waals surface area (Å²) >= 11 is 4.56. The van der Waals surface area contributed by atoms with Gasteiger partial charge in [-0.05, 0) is 81.6 Å². The average molecular weight is 569 g/mol. The lowest BCUT2D eigenvalue weighted by Gasteiger charge is -2.08. The Morgan fingerprint density at radius 2 is 2.08 bits per heavy atom. The summed E-state index contributed by atoms with van der Waals surface area (Å²) in [6.07, 6.45) is 5.39. The number of nitrogens with zero attached hydrogens (tertiary/aromatic N) is 3. The van der Waals surface area contributed by atoms with Crippen molar-refractivity contribution in [2.75, 3.05) is 7.11 Å². The Kier molecular flexibility index (Phi) is 4.98. The van der Waals surface area contributed by atoms with Crippen LogP contribution in [-0.4, -0.2) is 22.7 Å². The van der Waals surface area contributed by atoms with Crippen LogP contribution in [0.2, 0.25) is 0 Å². The van der Waals surface area contributed by atoms with Crippen LogP contribution in [0.3, 0.4) is 0 Å². The standard InChI is InChI=1S/C19H13I2N3O2/c1-25-18-12(9-13(20)10-14(18)21)11-22-19-17(15-5-4-8-26-15)23-16-6-2-3-7-24(16)19/h2-11H,1H3. The molecule has 0 N–H and O–H groups in total. The molecule has 0 saturated carbocycles. The highest BCUT2D eigenvalue weighted by molar-refractivity contribution is 14.1. The molecule has 0 spiro atoms. The van der Waals surface area contributed by atoms with Crippen molar-refractivity contribution < 1.29 is 9.15 Å².